The second-order valence-electron chi connectivity index (χ2n) is 5.66. The van der Waals surface area contributed by atoms with Crippen molar-refractivity contribution in [2.75, 3.05) is 0 Å². The molecule has 0 saturated heterocycles. The molecule has 0 aromatic heterocycles. The molecule has 0 nitrogen and oxygen atoms in total. The summed E-state index contributed by atoms with van der Waals surface area (Å²) in [5.41, 5.74) is 0. The van der Waals surface area contributed by atoms with Crippen molar-refractivity contribution in [1.82, 2.24) is 0 Å². The van der Waals surface area contributed by atoms with E-state index in [2.05, 4.69) is 31.7 Å². The highest BCUT2D eigenvalue weighted by atomic mass is 13.8. The van der Waals surface area contributed by atoms with Crippen molar-refractivity contribution in [1.29, 1.82) is 0 Å². The Balaban J connectivity index is 3.89. The van der Waals surface area contributed by atoms with Crippen molar-refractivity contribution in [3.8, 4) is 0 Å². The molecular formula is C28H34. The summed E-state index contributed by atoms with van der Waals surface area (Å²) in [6.45, 7) is 5.82. The van der Waals surface area contributed by atoms with Crippen LogP contribution in [-0.2, 0) is 0 Å². The Labute approximate surface area is 172 Å². The third kappa shape index (κ3) is 22.9. The molecule has 0 aliphatic heterocycles. The molecule has 0 rings (SSSR count). The first-order valence-electron chi connectivity index (χ1n) is 9.86. The van der Waals surface area contributed by atoms with Crippen LogP contribution in [-0.4, -0.2) is 0 Å². The van der Waals surface area contributed by atoms with E-state index in [1.807, 2.05) is 115 Å². The molecule has 0 aromatic carbocycles. The van der Waals surface area contributed by atoms with Gasteiger partial charge in [0.25, 0.3) is 0 Å². The maximum atomic E-state index is 3.61. The van der Waals surface area contributed by atoms with Crippen molar-refractivity contribution in [2.24, 2.45) is 0 Å². The Bertz CT molecular complexity index is 678. The molecule has 0 aliphatic rings. The normalized spacial score (nSPS) is 14.3. The van der Waals surface area contributed by atoms with Crippen LogP contribution >= 0.6 is 0 Å². The summed E-state index contributed by atoms with van der Waals surface area (Å²) in [6.07, 6.45) is 49.7. The molecule has 0 aromatic rings. The van der Waals surface area contributed by atoms with Gasteiger partial charge in [-0.3, -0.25) is 0 Å². The average Bonchev–Trinajstić information content (AvgIpc) is 2.71. The Morgan fingerprint density at radius 3 is 1.00 bits per heavy atom. The lowest BCUT2D eigenvalue weighted by Crippen LogP contribution is -1.64. The van der Waals surface area contributed by atoms with E-state index in [-0.39, 0.29) is 0 Å². The summed E-state index contributed by atoms with van der Waals surface area (Å²) in [7, 11) is 0. The number of rotatable bonds is 14. The highest BCUT2D eigenvalue weighted by molar-refractivity contribution is 5.23. The minimum absolute atomic E-state index is 1.16. The van der Waals surface area contributed by atoms with Crippen LogP contribution in [0.2, 0.25) is 0 Å². The predicted octanol–water partition coefficient (Wildman–Crippen LogP) is 8.48. The Morgan fingerprint density at radius 1 is 0.429 bits per heavy atom. The van der Waals surface area contributed by atoms with Crippen LogP contribution < -0.4 is 0 Å². The van der Waals surface area contributed by atoms with Gasteiger partial charge in [-0.1, -0.05) is 166 Å². The van der Waals surface area contributed by atoms with Crippen molar-refractivity contribution in [3.05, 3.63) is 146 Å². The maximum Gasteiger partial charge on any atom is -0.0348 e. The number of hydrogen-bond acceptors (Lipinski definition) is 0. The second-order valence-corrected chi connectivity index (χ2v) is 5.66. The zero-order chi connectivity index (χ0) is 20.4. The summed E-state index contributed by atoms with van der Waals surface area (Å²) in [4.78, 5) is 0. The fraction of sp³-hybridized carbons (Fsp3) is 0.143. The Morgan fingerprint density at radius 2 is 0.714 bits per heavy atom. The van der Waals surface area contributed by atoms with E-state index in [1.54, 1.807) is 6.08 Å². The van der Waals surface area contributed by atoms with Crippen molar-refractivity contribution in [3.63, 3.8) is 0 Å². The van der Waals surface area contributed by atoms with Gasteiger partial charge in [0.15, 0.2) is 0 Å². The summed E-state index contributed by atoms with van der Waals surface area (Å²) in [5.74, 6) is 0. The monoisotopic (exact) mass is 370 g/mol. The van der Waals surface area contributed by atoms with Gasteiger partial charge in [0, 0.05) is 0 Å². The van der Waals surface area contributed by atoms with E-state index in [0.717, 1.165) is 6.42 Å². The Hall–Kier alpha value is -3.12. The minimum Gasteiger partial charge on any atom is -0.0991 e. The van der Waals surface area contributed by atoms with Crippen LogP contribution in [0, 0.1) is 0 Å². The lowest BCUT2D eigenvalue weighted by Gasteiger charge is -1.84. The zero-order valence-corrected chi connectivity index (χ0v) is 17.1. The van der Waals surface area contributed by atoms with Gasteiger partial charge in [-0.2, -0.15) is 0 Å². The molecule has 0 fully saturated rings. The Kier molecular flexibility index (Phi) is 21.2. The molecule has 0 atom stereocenters. The predicted molar refractivity (Wildman–Crippen MR) is 130 cm³/mol. The first kappa shape index (κ1) is 24.9. The fourth-order valence-electron chi connectivity index (χ4n) is 1.79. The highest BCUT2D eigenvalue weighted by Crippen LogP contribution is 1.95. The molecule has 28 heavy (non-hydrogen) atoms. The van der Waals surface area contributed by atoms with Gasteiger partial charge in [0.05, 0.1) is 0 Å². The summed E-state index contributed by atoms with van der Waals surface area (Å²) < 4.78 is 0. The quantitative estimate of drug-likeness (QED) is 0.212. The van der Waals surface area contributed by atoms with E-state index in [9.17, 15) is 0 Å². The average molecular weight is 371 g/mol. The molecule has 0 heteroatoms. The zero-order valence-electron chi connectivity index (χ0n) is 17.1. The van der Waals surface area contributed by atoms with Crippen LogP contribution in [0.4, 0.5) is 0 Å². The van der Waals surface area contributed by atoms with Gasteiger partial charge < -0.3 is 0 Å². The second kappa shape index (κ2) is 23.9. The van der Waals surface area contributed by atoms with Gasteiger partial charge >= 0.3 is 0 Å². The van der Waals surface area contributed by atoms with Crippen LogP contribution in [0.5, 0.6) is 0 Å². The minimum atomic E-state index is 1.16. The van der Waals surface area contributed by atoms with E-state index in [4.69, 9.17) is 0 Å². The van der Waals surface area contributed by atoms with Crippen LogP contribution in [0.1, 0.15) is 26.2 Å². The molecule has 146 valence electrons. The van der Waals surface area contributed by atoms with Gasteiger partial charge in [0.2, 0.25) is 0 Å². The lowest BCUT2D eigenvalue weighted by atomic mass is 10.2. The largest absolute Gasteiger partial charge is 0.0991 e. The van der Waals surface area contributed by atoms with Crippen molar-refractivity contribution in [2.45, 2.75) is 26.2 Å². The first-order chi connectivity index (χ1) is 13.9. The smallest absolute Gasteiger partial charge is 0.0348 e. The molecule has 0 bridgehead atoms. The van der Waals surface area contributed by atoms with Crippen LogP contribution in [0.15, 0.2) is 146 Å². The van der Waals surface area contributed by atoms with E-state index in [0.29, 0.717) is 0 Å². The van der Waals surface area contributed by atoms with E-state index >= 15 is 0 Å². The molecule has 0 saturated carbocycles. The number of hydrogen-bond donors (Lipinski definition) is 0. The van der Waals surface area contributed by atoms with E-state index in [1.165, 1.54) is 12.8 Å². The maximum absolute atomic E-state index is 3.61. The molecule has 0 unspecified atom stereocenters. The van der Waals surface area contributed by atoms with Crippen molar-refractivity contribution >= 4 is 0 Å². The summed E-state index contributed by atoms with van der Waals surface area (Å²) >= 11 is 0. The molecule has 0 aliphatic carbocycles. The van der Waals surface area contributed by atoms with Gasteiger partial charge in [-0.15, -0.1) is 0 Å². The molecule has 0 radical (unpaired) electrons. The van der Waals surface area contributed by atoms with Gasteiger partial charge in [-0.05, 0) is 6.42 Å². The molecule has 0 spiro atoms. The highest BCUT2D eigenvalue weighted by Gasteiger charge is 1.74. The molecule has 0 heterocycles. The third-order valence-electron chi connectivity index (χ3n) is 3.22. The topological polar surface area (TPSA) is 0 Å². The van der Waals surface area contributed by atoms with Gasteiger partial charge in [0.1, 0.15) is 0 Å². The SMILES string of the molecule is C=C/C=C/C=C/C=C/C=C/C=C/C=C/C=C/C=C/C=C/C=C/C=C/CCCC. The number of allylic oxidation sites excluding steroid dienone is 23. The van der Waals surface area contributed by atoms with Crippen molar-refractivity contribution < 1.29 is 0 Å². The molecular weight excluding hydrogens is 336 g/mol. The fourth-order valence-corrected chi connectivity index (χ4v) is 1.79. The molecule has 0 amide bonds. The van der Waals surface area contributed by atoms with Crippen LogP contribution in [0.3, 0.4) is 0 Å². The summed E-state index contributed by atoms with van der Waals surface area (Å²) in [5, 5.41) is 0. The summed E-state index contributed by atoms with van der Waals surface area (Å²) in [6, 6.07) is 0. The van der Waals surface area contributed by atoms with E-state index < -0.39 is 0 Å². The number of unbranched alkanes of at least 4 members (excludes halogenated alkanes) is 2. The van der Waals surface area contributed by atoms with Gasteiger partial charge in [-0.25, -0.2) is 0 Å². The standard InChI is InChI=1S/C28H34/c1-3-5-7-9-11-13-15-17-19-21-23-25-27-28-26-24-22-20-18-16-14-12-10-8-6-4-2/h3,5,7,9-28H,1,4,6,8H2,2H3/b7-5+,11-9+,12-10+,15-13+,16-14+,19-17+,20-18+,23-21+,24-22+,27-25+,28-26+. The van der Waals surface area contributed by atoms with Crippen LogP contribution in [0.25, 0.3) is 0 Å². The first-order valence-corrected chi connectivity index (χ1v) is 9.86. The third-order valence-corrected chi connectivity index (χ3v) is 3.22. The molecule has 0 N–H and O–H groups in total. The lowest BCUT2D eigenvalue weighted by molar-refractivity contribution is 0.815.